The molecule has 1 heterocycles. The summed E-state index contributed by atoms with van der Waals surface area (Å²) in [5.41, 5.74) is 6.58. The van der Waals surface area contributed by atoms with Crippen molar-refractivity contribution in [1.82, 2.24) is 15.5 Å². The van der Waals surface area contributed by atoms with E-state index in [1.165, 1.54) is 38.5 Å². The molecule has 1 aromatic heterocycles. The first-order valence-corrected chi connectivity index (χ1v) is 10.1. The first-order valence-electron chi connectivity index (χ1n) is 10.1. The van der Waals surface area contributed by atoms with E-state index in [9.17, 15) is 4.79 Å². The smallest absolute Gasteiger partial charge is 0.404 e. The van der Waals surface area contributed by atoms with Crippen molar-refractivity contribution in [1.29, 1.82) is 0 Å². The standard InChI is InChI=1S/C19H30N4O3/c20-15(3-1-2-4-21-18(24)25)17-22-16(23-26-17)11-19-8-12-5-13(9-19)7-14(6-12)10-19/h12-15,21H,1-11,20H2,(H,24,25)/t12?,13?,14?,15-,19?/m0/s1. The highest BCUT2D eigenvalue weighted by atomic mass is 16.5. The van der Waals surface area contributed by atoms with Crippen LogP contribution in [-0.4, -0.2) is 27.9 Å². The van der Waals surface area contributed by atoms with Crippen LogP contribution in [0.1, 0.15) is 75.5 Å². The molecule has 1 aromatic rings. The van der Waals surface area contributed by atoms with Crippen LogP contribution in [0.15, 0.2) is 4.52 Å². The van der Waals surface area contributed by atoms with E-state index in [0.717, 1.165) is 49.3 Å². The fourth-order valence-corrected chi connectivity index (χ4v) is 6.14. The van der Waals surface area contributed by atoms with Crippen molar-refractivity contribution in [3.8, 4) is 0 Å². The highest BCUT2D eigenvalue weighted by Crippen LogP contribution is 2.60. The molecular weight excluding hydrogens is 332 g/mol. The Kier molecular flexibility index (Phi) is 4.90. The van der Waals surface area contributed by atoms with Gasteiger partial charge in [-0.3, -0.25) is 0 Å². The molecule has 0 aliphatic heterocycles. The largest absolute Gasteiger partial charge is 0.465 e. The average Bonchev–Trinajstić information content (AvgIpc) is 3.00. The Morgan fingerprint density at radius 1 is 1.23 bits per heavy atom. The number of carbonyl (C=O) groups is 1. The lowest BCUT2D eigenvalue weighted by Crippen LogP contribution is -2.47. The molecule has 1 amide bonds. The predicted octanol–water partition coefficient (Wildman–Crippen LogP) is 3.27. The predicted molar refractivity (Wildman–Crippen MR) is 95.4 cm³/mol. The van der Waals surface area contributed by atoms with Gasteiger partial charge in [0, 0.05) is 13.0 Å². The normalized spacial score (nSPS) is 33.3. The van der Waals surface area contributed by atoms with Gasteiger partial charge < -0.3 is 20.7 Å². The van der Waals surface area contributed by atoms with Crippen molar-refractivity contribution in [3.63, 3.8) is 0 Å². The lowest BCUT2D eigenvalue weighted by Gasteiger charge is -2.56. The Morgan fingerprint density at radius 3 is 2.50 bits per heavy atom. The van der Waals surface area contributed by atoms with E-state index in [2.05, 4.69) is 15.5 Å². The first-order chi connectivity index (χ1) is 12.5. The average molecular weight is 362 g/mol. The second kappa shape index (κ2) is 7.18. The van der Waals surface area contributed by atoms with E-state index in [-0.39, 0.29) is 6.04 Å². The summed E-state index contributed by atoms with van der Waals surface area (Å²) >= 11 is 0. The van der Waals surface area contributed by atoms with Gasteiger partial charge in [-0.1, -0.05) is 5.16 Å². The maximum absolute atomic E-state index is 10.4. The zero-order valence-corrected chi connectivity index (χ0v) is 15.3. The van der Waals surface area contributed by atoms with Crippen LogP contribution < -0.4 is 11.1 Å². The van der Waals surface area contributed by atoms with Gasteiger partial charge in [0.2, 0.25) is 5.89 Å². The minimum atomic E-state index is -0.986. The SMILES string of the molecule is N[C@@H](CCCCNC(=O)O)c1nc(CC23CC4CC(CC(C4)C2)C3)no1. The molecule has 0 unspecified atom stereocenters. The van der Waals surface area contributed by atoms with E-state index in [1.807, 2.05) is 0 Å². The van der Waals surface area contributed by atoms with Crippen molar-refractivity contribution in [2.75, 3.05) is 6.54 Å². The van der Waals surface area contributed by atoms with Crippen LogP contribution in [0.25, 0.3) is 0 Å². The Hall–Kier alpha value is -1.63. The summed E-state index contributed by atoms with van der Waals surface area (Å²) in [6.45, 7) is 0.448. The van der Waals surface area contributed by atoms with Gasteiger partial charge in [-0.25, -0.2) is 4.79 Å². The molecule has 0 radical (unpaired) electrons. The van der Waals surface area contributed by atoms with E-state index < -0.39 is 6.09 Å². The van der Waals surface area contributed by atoms with Crippen LogP contribution in [0.2, 0.25) is 0 Å². The van der Waals surface area contributed by atoms with Crippen molar-refractivity contribution in [2.24, 2.45) is 28.9 Å². The Morgan fingerprint density at radius 2 is 1.88 bits per heavy atom. The summed E-state index contributed by atoms with van der Waals surface area (Å²) in [6, 6.07) is -0.266. The fourth-order valence-electron chi connectivity index (χ4n) is 6.14. The zero-order valence-electron chi connectivity index (χ0n) is 15.3. The summed E-state index contributed by atoms with van der Waals surface area (Å²) in [5.74, 6) is 4.12. The highest BCUT2D eigenvalue weighted by molar-refractivity contribution is 5.64. The van der Waals surface area contributed by atoms with Gasteiger partial charge in [-0.05, 0) is 81.0 Å². The molecule has 4 fully saturated rings. The molecule has 26 heavy (non-hydrogen) atoms. The maximum atomic E-state index is 10.4. The third-order valence-electron chi connectivity index (χ3n) is 6.72. The molecule has 5 rings (SSSR count). The van der Waals surface area contributed by atoms with Crippen molar-refractivity contribution < 1.29 is 14.4 Å². The molecule has 4 N–H and O–H groups in total. The molecule has 0 aromatic carbocycles. The third kappa shape index (κ3) is 3.87. The summed E-state index contributed by atoms with van der Waals surface area (Å²) in [5, 5.41) is 15.1. The Bertz CT molecular complexity index is 609. The minimum absolute atomic E-state index is 0.266. The molecule has 4 aliphatic rings. The number of nitrogens with zero attached hydrogens (tertiary/aromatic N) is 2. The number of amides is 1. The van der Waals surface area contributed by atoms with E-state index >= 15 is 0 Å². The van der Waals surface area contributed by atoms with Crippen molar-refractivity contribution in [3.05, 3.63) is 11.7 Å². The summed E-state index contributed by atoms with van der Waals surface area (Å²) in [7, 11) is 0. The monoisotopic (exact) mass is 362 g/mol. The van der Waals surface area contributed by atoms with Gasteiger partial charge >= 0.3 is 6.09 Å². The molecular formula is C19H30N4O3. The number of nitrogens with two attached hydrogens (primary N) is 1. The third-order valence-corrected chi connectivity index (χ3v) is 6.72. The number of hydrogen-bond acceptors (Lipinski definition) is 5. The Balaban J connectivity index is 1.29. The number of nitrogens with one attached hydrogen (secondary N) is 1. The van der Waals surface area contributed by atoms with Gasteiger partial charge in [-0.2, -0.15) is 4.98 Å². The summed E-state index contributed by atoms with van der Waals surface area (Å²) in [4.78, 5) is 15.0. The van der Waals surface area contributed by atoms with E-state index in [0.29, 0.717) is 17.9 Å². The topological polar surface area (TPSA) is 114 Å². The van der Waals surface area contributed by atoms with E-state index in [1.54, 1.807) is 0 Å². The van der Waals surface area contributed by atoms with Crippen molar-refractivity contribution in [2.45, 2.75) is 70.3 Å². The minimum Gasteiger partial charge on any atom is -0.465 e. The van der Waals surface area contributed by atoms with Crippen molar-refractivity contribution >= 4 is 6.09 Å². The molecule has 0 saturated heterocycles. The Labute approximate surface area is 154 Å². The second-order valence-corrected chi connectivity index (χ2v) is 8.98. The van der Waals surface area contributed by atoms with Gasteiger partial charge in [0.1, 0.15) is 0 Å². The molecule has 4 saturated carbocycles. The molecule has 0 spiro atoms. The van der Waals surface area contributed by atoms with Gasteiger partial charge in [0.15, 0.2) is 5.82 Å². The second-order valence-electron chi connectivity index (χ2n) is 8.98. The van der Waals surface area contributed by atoms with Gasteiger partial charge in [0.05, 0.1) is 6.04 Å². The zero-order chi connectivity index (χ0) is 18.1. The molecule has 1 atom stereocenters. The van der Waals surface area contributed by atoms with Crippen LogP contribution in [-0.2, 0) is 6.42 Å². The number of carboxylic acid groups (broad SMARTS) is 1. The number of rotatable bonds is 8. The van der Waals surface area contributed by atoms with Crippen LogP contribution >= 0.6 is 0 Å². The molecule has 4 aliphatic carbocycles. The van der Waals surface area contributed by atoms with Crippen LogP contribution in [0, 0.1) is 23.2 Å². The fraction of sp³-hybridized carbons (Fsp3) is 0.842. The molecule has 4 bridgehead atoms. The lowest BCUT2D eigenvalue weighted by molar-refractivity contribution is -0.0533. The number of hydrogen-bond donors (Lipinski definition) is 3. The number of unbranched alkanes of at least 4 members (excludes halogenated alkanes) is 1. The number of aromatic nitrogens is 2. The molecule has 144 valence electrons. The summed E-state index contributed by atoms with van der Waals surface area (Å²) < 4.78 is 5.44. The van der Waals surface area contributed by atoms with E-state index in [4.69, 9.17) is 15.4 Å². The van der Waals surface area contributed by atoms with Gasteiger partial charge in [-0.15, -0.1) is 0 Å². The van der Waals surface area contributed by atoms with Crippen LogP contribution in [0.4, 0.5) is 4.79 Å². The quantitative estimate of drug-likeness (QED) is 0.612. The highest BCUT2D eigenvalue weighted by Gasteiger charge is 2.51. The summed E-state index contributed by atoms with van der Waals surface area (Å²) in [6.07, 6.45) is 10.6. The lowest BCUT2D eigenvalue weighted by atomic mass is 9.49. The first kappa shape index (κ1) is 17.8. The maximum Gasteiger partial charge on any atom is 0.404 e. The molecule has 7 nitrogen and oxygen atoms in total. The van der Waals surface area contributed by atoms with Gasteiger partial charge in [0.25, 0.3) is 0 Å². The van der Waals surface area contributed by atoms with Crippen LogP contribution in [0.5, 0.6) is 0 Å². The molecule has 7 heteroatoms. The van der Waals surface area contributed by atoms with Crippen LogP contribution in [0.3, 0.4) is 0 Å².